The lowest BCUT2D eigenvalue weighted by Gasteiger charge is -2.14. The molecule has 0 fully saturated rings. The fourth-order valence-corrected chi connectivity index (χ4v) is 1.91. The topological polar surface area (TPSA) is 3.24 Å². The van der Waals surface area contributed by atoms with Crippen LogP contribution in [0.4, 0.5) is 4.39 Å². The second-order valence-electron chi connectivity index (χ2n) is 4.40. The maximum atomic E-state index is 12.9. The molecule has 0 bridgehead atoms. The Morgan fingerprint density at radius 2 is 1.59 bits per heavy atom. The molecule has 0 saturated heterocycles. The summed E-state index contributed by atoms with van der Waals surface area (Å²) in [6, 6.07) is 14.9. The van der Waals surface area contributed by atoms with Crippen LogP contribution in [0.3, 0.4) is 0 Å². The average molecular weight is 229 g/mol. The molecule has 2 rings (SSSR count). The van der Waals surface area contributed by atoms with E-state index >= 15 is 0 Å². The molecule has 88 valence electrons. The minimum atomic E-state index is -0.196. The smallest absolute Gasteiger partial charge is 0.123 e. The number of hydrogen-bond acceptors (Lipinski definition) is 1. The molecule has 0 saturated carbocycles. The summed E-state index contributed by atoms with van der Waals surface area (Å²) in [6.07, 6.45) is 0. The van der Waals surface area contributed by atoms with Crippen LogP contribution in [0.25, 0.3) is 11.1 Å². The van der Waals surface area contributed by atoms with Gasteiger partial charge in [-0.1, -0.05) is 36.4 Å². The van der Waals surface area contributed by atoms with Gasteiger partial charge >= 0.3 is 0 Å². The van der Waals surface area contributed by atoms with E-state index in [1.54, 1.807) is 0 Å². The van der Waals surface area contributed by atoms with Gasteiger partial charge in [0.2, 0.25) is 0 Å². The molecule has 0 atom stereocenters. The van der Waals surface area contributed by atoms with E-state index in [2.05, 4.69) is 17.0 Å². The van der Waals surface area contributed by atoms with Crippen LogP contribution >= 0.6 is 0 Å². The highest BCUT2D eigenvalue weighted by Gasteiger charge is 2.05. The van der Waals surface area contributed by atoms with Crippen LogP contribution < -0.4 is 0 Å². The summed E-state index contributed by atoms with van der Waals surface area (Å²) in [5.74, 6) is -0.196. The van der Waals surface area contributed by atoms with Gasteiger partial charge in [0.15, 0.2) is 0 Å². The normalized spacial score (nSPS) is 10.8. The van der Waals surface area contributed by atoms with Crippen LogP contribution in [0.2, 0.25) is 0 Å². The van der Waals surface area contributed by atoms with E-state index in [1.165, 1.54) is 23.3 Å². The Morgan fingerprint density at radius 1 is 0.941 bits per heavy atom. The van der Waals surface area contributed by atoms with Crippen molar-refractivity contribution >= 4 is 0 Å². The molecule has 0 spiro atoms. The zero-order valence-electron chi connectivity index (χ0n) is 10.2. The monoisotopic (exact) mass is 229 g/mol. The minimum absolute atomic E-state index is 0.196. The number of hydrogen-bond donors (Lipinski definition) is 0. The summed E-state index contributed by atoms with van der Waals surface area (Å²) in [4.78, 5) is 2.13. The number of halogens is 1. The number of nitrogens with zero attached hydrogens (tertiary/aromatic N) is 1. The molecule has 17 heavy (non-hydrogen) atoms. The van der Waals surface area contributed by atoms with Crippen molar-refractivity contribution in [3.05, 3.63) is 59.9 Å². The Balaban J connectivity index is 2.40. The van der Waals surface area contributed by atoms with Crippen LogP contribution in [-0.4, -0.2) is 19.0 Å². The molecule has 0 radical (unpaired) electrons. The first-order valence-corrected chi connectivity index (χ1v) is 5.65. The van der Waals surface area contributed by atoms with Crippen LogP contribution in [0.1, 0.15) is 5.56 Å². The molecule has 0 aliphatic carbocycles. The molecule has 2 aromatic carbocycles. The average Bonchev–Trinajstić information content (AvgIpc) is 2.30. The molecular formula is C15H16FN. The Labute approximate surface area is 102 Å². The summed E-state index contributed by atoms with van der Waals surface area (Å²) in [5, 5.41) is 0. The summed E-state index contributed by atoms with van der Waals surface area (Å²) < 4.78 is 12.9. The van der Waals surface area contributed by atoms with Crippen molar-refractivity contribution in [3.63, 3.8) is 0 Å². The maximum Gasteiger partial charge on any atom is 0.123 e. The van der Waals surface area contributed by atoms with Crippen molar-refractivity contribution in [1.29, 1.82) is 0 Å². The molecule has 1 nitrogen and oxygen atoms in total. The fraction of sp³-hybridized carbons (Fsp3) is 0.200. The SMILES string of the molecule is CN(C)Cc1ccccc1-c1ccc(F)cc1. The van der Waals surface area contributed by atoms with Gasteiger partial charge in [-0.15, -0.1) is 0 Å². The fourth-order valence-electron chi connectivity index (χ4n) is 1.91. The number of rotatable bonds is 3. The molecule has 2 aromatic rings. The maximum absolute atomic E-state index is 12.9. The Morgan fingerprint density at radius 3 is 2.24 bits per heavy atom. The first-order valence-electron chi connectivity index (χ1n) is 5.65. The predicted octanol–water partition coefficient (Wildman–Crippen LogP) is 3.55. The second kappa shape index (κ2) is 5.11. The lowest BCUT2D eigenvalue weighted by molar-refractivity contribution is 0.403. The minimum Gasteiger partial charge on any atom is -0.305 e. The van der Waals surface area contributed by atoms with Crippen LogP contribution in [0.5, 0.6) is 0 Å². The van der Waals surface area contributed by atoms with E-state index in [0.29, 0.717) is 0 Å². The molecule has 0 heterocycles. The molecule has 0 aliphatic heterocycles. The van der Waals surface area contributed by atoms with Gasteiger partial charge in [0, 0.05) is 6.54 Å². The van der Waals surface area contributed by atoms with E-state index < -0.39 is 0 Å². The molecule has 0 amide bonds. The van der Waals surface area contributed by atoms with Crippen molar-refractivity contribution in [2.45, 2.75) is 6.54 Å². The third kappa shape index (κ3) is 2.92. The van der Waals surface area contributed by atoms with E-state index in [9.17, 15) is 4.39 Å². The summed E-state index contributed by atoms with van der Waals surface area (Å²) in [6.45, 7) is 0.882. The highest BCUT2D eigenvalue weighted by Crippen LogP contribution is 2.24. The van der Waals surface area contributed by atoms with Crippen LogP contribution in [0.15, 0.2) is 48.5 Å². The lowest BCUT2D eigenvalue weighted by Crippen LogP contribution is -2.11. The molecule has 2 heteroatoms. The Hall–Kier alpha value is -1.67. The van der Waals surface area contributed by atoms with Gasteiger partial charge in [0.25, 0.3) is 0 Å². The van der Waals surface area contributed by atoms with Gasteiger partial charge in [-0.3, -0.25) is 0 Å². The van der Waals surface area contributed by atoms with Gasteiger partial charge in [0.1, 0.15) is 5.82 Å². The quantitative estimate of drug-likeness (QED) is 0.778. The first-order chi connectivity index (χ1) is 8.16. The van der Waals surface area contributed by atoms with Crippen molar-refractivity contribution in [2.24, 2.45) is 0 Å². The van der Waals surface area contributed by atoms with Gasteiger partial charge in [-0.05, 0) is 42.9 Å². The summed E-state index contributed by atoms with van der Waals surface area (Å²) >= 11 is 0. The molecule has 0 unspecified atom stereocenters. The third-order valence-corrected chi connectivity index (χ3v) is 2.66. The third-order valence-electron chi connectivity index (χ3n) is 2.66. The van der Waals surface area contributed by atoms with Gasteiger partial charge in [0.05, 0.1) is 0 Å². The van der Waals surface area contributed by atoms with Crippen molar-refractivity contribution in [3.8, 4) is 11.1 Å². The van der Waals surface area contributed by atoms with Gasteiger partial charge < -0.3 is 4.90 Å². The van der Waals surface area contributed by atoms with E-state index in [1.807, 2.05) is 38.4 Å². The van der Waals surface area contributed by atoms with Crippen LogP contribution in [-0.2, 0) is 6.54 Å². The van der Waals surface area contributed by atoms with Gasteiger partial charge in [-0.2, -0.15) is 0 Å². The zero-order chi connectivity index (χ0) is 12.3. The van der Waals surface area contributed by atoms with Gasteiger partial charge in [-0.25, -0.2) is 4.39 Å². The van der Waals surface area contributed by atoms with E-state index in [-0.39, 0.29) is 5.82 Å². The molecule has 0 aliphatic rings. The molecule has 0 N–H and O–H groups in total. The second-order valence-corrected chi connectivity index (χ2v) is 4.40. The van der Waals surface area contributed by atoms with E-state index in [0.717, 1.165) is 12.1 Å². The summed E-state index contributed by atoms with van der Waals surface area (Å²) in [7, 11) is 4.09. The standard InChI is InChI=1S/C15H16FN/c1-17(2)11-13-5-3-4-6-15(13)12-7-9-14(16)10-8-12/h3-10H,11H2,1-2H3. The van der Waals surface area contributed by atoms with Crippen molar-refractivity contribution < 1.29 is 4.39 Å². The van der Waals surface area contributed by atoms with Crippen molar-refractivity contribution in [1.82, 2.24) is 4.90 Å². The summed E-state index contributed by atoms with van der Waals surface area (Å²) in [5.41, 5.74) is 3.48. The van der Waals surface area contributed by atoms with E-state index in [4.69, 9.17) is 0 Å². The predicted molar refractivity (Wildman–Crippen MR) is 69.2 cm³/mol. The van der Waals surface area contributed by atoms with Crippen LogP contribution in [0, 0.1) is 5.82 Å². The Bertz CT molecular complexity index is 489. The molecule has 0 aromatic heterocycles. The lowest BCUT2D eigenvalue weighted by atomic mass is 9.99. The van der Waals surface area contributed by atoms with Crippen molar-refractivity contribution in [2.75, 3.05) is 14.1 Å². The Kier molecular flexibility index (Phi) is 3.55. The zero-order valence-corrected chi connectivity index (χ0v) is 10.2. The highest BCUT2D eigenvalue weighted by atomic mass is 19.1. The number of benzene rings is 2. The largest absolute Gasteiger partial charge is 0.305 e. The first kappa shape index (κ1) is 11.8. The molecular weight excluding hydrogens is 213 g/mol. The highest BCUT2D eigenvalue weighted by molar-refractivity contribution is 5.67.